The maximum absolute atomic E-state index is 14.4. The Kier molecular flexibility index (Phi) is 6.18. The summed E-state index contributed by atoms with van der Waals surface area (Å²) in [6, 6.07) is 13.9. The van der Waals surface area contributed by atoms with Gasteiger partial charge >= 0.3 is 0 Å². The van der Waals surface area contributed by atoms with Crippen molar-refractivity contribution in [2.75, 3.05) is 24.5 Å². The van der Waals surface area contributed by atoms with Crippen molar-refractivity contribution in [3.63, 3.8) is 0 Å². The molecular weight excluding hydrogens is 431 g/mol. The van der Waals surface area contributed by atoms with E-state index in [9.17, 15) is 9.18 Å². The molecule has 0 N–H and O–H groups in total. The Morgan fingerprint density at radius 3 is 2.62 bits per heavy atom. The zero-order valence-electron chi connectivity index (χ0n) is 19.6. The first-order valence-electron chi connectivity index (χ1n) is 11.9. The number of carbonyl (C=O) groups is 1. The van der Waals surface area contributed by atoms with Crippen LogP contribution in [0.4, 0.5) is 10.3 Å². The van der Waals surface area contributed by atoms with E-state index in [0.29, 0.717) is 42.8 Å². The maximum Gasteiger partial charge on any atom is 0.254 e. The van der Waals surface area contributed by atoms with Gasteiger partial charge < -0.3 is 14.5 Å². The van der Waals surface area contributed by atoms with Crippen molar-refractivity contribution in [2.24, 2.45) is 5.92 Å². The molecule has 0 saturated carbocycles. The third-order valence-corrected chi connectivity index (χ3v) is 6.67. The molecule has 1 fully saturated rings. The van der Waals surface area contributed by atoms with Crippen LogP contribution in [0.1, 0.15) is 46.9 Å². The Morgan fingerprint density at radius 1 is 1.06 bits per heavy atom. The lowest BCUT2D eigenvalue weighted by Gasteiger charge is -2.33. The maximum atomic E-state index is 14.4. The SMILES string of the molecule is Cc1cccc(C(=O)N2CCc3nc(N4CCC(C)CC4)nc(Oc4ccccc4F)c3C2)c1. The zero-order chi connectivity index (χ0) is 23.7. The minimum Gasteiger partial charge on any atom is -0.435 e. The fourth-order valence-corrected chi connectivity index (χ4v) is 4.57. The molecule has 176 valence electrons. The highest BCUT2D eigenvalue weighted by atomic mass is 19.1. The zero-order valence-corrected chi connectivity index (χ0v) is 19.6. The number of aromatic nitrogens is 2. The van der Waals surface area contributed by atoms with Gasteiger partial charge in [0.25, 0.3) is 5.91 Å². The van der Waals surface area contributed by atoms with E-state index < -0.39 is 5.82 Å². The molecule has 0 spiro atoms. The van der Waals surface area contributed by atoms with Crippen LogP contribution in [-0.4, -0.2) is 40.4 Å². The minimum atomic E-state index is -0.452. The summed E-state index contributed by atoms with van der Waals surface area (Å²) in [5, 5.41) is 0. The molecule has 1 saturated heterocycles. The summed E-state index contributed by atoms with van der Waals surface area (Å²) in [5.41, 5.74) is 3.29. The number of carbonyl (C=O) groups excluding carboxylic acids is 1. The molecule has 2 aromatic carbocycles. The Labute approximate surface area is 199 Å². The van der Waals surface area contributed by atoms with Crippen molar-refractivity contribution in [3.05, 3.63) is 76.7 Å². The molecule has 2 aliphatic rings. The third-order valence-electron chi connectivity index (χ3n) is 6.67. The van der Waals surface area contributed by atoms with Crippen molar-refractivity contribution in [2.45, 2.75) is 39.7 Å². The number of piperidine rings is 1. The molecule has 0 radical (unpaired) electrons. The van der Waals surface area contributed by atoms with Crippen LogP contribution in [0.2, 0.25) is 0 Å². The standard InChI is InChI=1S/C27H29FN4O2/c1-18-10-13-31(14-11-18)27-29-23-12-15-32(26(33)20-7-5-6-19(2)16-20)17-21(23)25(30-27)34-24-9-4-3-8-22(24)28/h3-9,16,18H,10-15,17H2,1-2H3. The molecule has 0 unspecified atom stereocenters. The Morgan fingerprint density at radius 2 is 1.85 bits per heavy atom. The highest BCUT2D eigenvalue weighted by Crippen LogP contribution is 2.33. The number of nitrogens with zero attached hydrogens (tertiary/aromatic N) is 4. The Hall–Kier alpha value is -3.48. The highest BCUT2D eigenvalue weighted by molar-refractivity contribution is 5.94. The fourth-order valence-electron chi connectivity index (χ4n) is 4.57. The van der Waals surface area contributed by atoms with E-state index >= 15 is 0 Å². The van der Waals surface area contributed by atoms with Gasteiger partial charge in [-0.3, -0.25) is 4.79 Å². The van der Waals surface area contributed by atoms with Crippen LogP contribution in [0.25, 0.3) is 0 Å². The lowest BCUT2D eigenvalue weighted by Crippen LogP contribution is -2.38. The highest BCUT2D eigenvalue weighted by Gasteiger charge is 2.29. The van der Waals surface area contributed by atoms with E-state index in [1.807, 2.05) is 31.2 Å². The Bertz CT molecular complexity index is 1210. The van der Waals surface area contributed by atoms with Crippen molar-refractivity contribution in [1.82, 2.24) is 14.9 Å². The smallest absolute Gasteiger partial charge is 0.254 e. The number of hydrogen-bond acceptors (Lipinski definition) is 5. The molecule has 0 atom stereocenters. The molecule has 1 aromatic heterocycles. The van der Waals surface area contributed by atoms with Crippen LogP contribution in [0.3, 0.4) is 0 Å². The number of aryl methyl sites for hydroxylation is 1. The van der Waals surface area contributed by atoms with Crippen molar-refractivity contribution >= 4 is 11.9 Å². The number of halogens is 1. The van der Waals surface area contributed by atoms with Gasteiger partial charge in [-0.15, -0.1) is 0 Å². The van der Waals surface area contributed by atoms with E-state index in [2.05, 4.69) is 11.8 Å². The molecule has 3 heterocycles. The third kappa shape index (κ3) is 4.60. The van der Waals surface area contributed by atoms with Crippen LogP contribution < -0.4 is 9.64 Å². The van der Waals surface area contributed by atoms with Gasteiger partial charge in [0.05, 0.1) is 17.8 Å². The number of ether oxygens (including phenoxy) is 1. The van der Waals surface area contributed by atoms with E-state index in [4.69, 9.17) is 14.7 Å². The monoisotopic (exact) mass is 460 g/mol. The summed E-state index contributed by atoms with van der Waals surface area (Å²) in [7, 11) is 0. The summed E-state index contributed by atoms with van der Waals surface area (Å²) in [6.07, 6.45) is 2.77. The summed E-state index contributed by atoms with van der Waals surface area (Å²) in [4.78, 5) is 26.8. The second-order valence-corrected chi connectivity index (χ2v) is 9.30. The molecule has 6 nitrogen and oxygen atoms in total. The first-order valence-corrected chi connectivity index (χ1v) is 11.9. The lowest BCUT2D eigenvalue weighted by atomic mass is 9.99. The summed E-state index contributed by atoms with van der Waals surface area (Å²) in [6.45, 7) is 6.89. The van der Waals surface area contributed by atoms with Gasteiger partial charge in [0.15, 0.2) is 11.6 Å². The summed E-state index contributed by atoms with van der Waals surface area (Å²) >= 11 is 0. The van der Waals surface area contributed by atoms with Crippen molar-refractivity contribution < 1.29 is 13.9 Å². The minimum absolute atomic E-state index is 0.0414. The quantitative estimate of drug-likeness (QED) is 0.539. The average molecular weight is 461 g/mol. The normalized spacial score (nSPS) is 16.3. The fraction of sp³-hybridized carbons (Fsp3) is 0.370. The van der Waals surface area contributed by atoms with Crippen LogP contribution in [0, 0.1) is 18.7 Å². The van der Waals surface area contributed by atoms with Crippen LogP contribution >= 0.6 is 0 Å². The molecule has 7 heteroatoms. The molecule has 5 rings (SSSR count). The van der Waals surface area contributed by atoms with Crippen LogP contribution in [0.15, 0.2) is 48.5 Å². The van der Waals surface area contributed by atoms with Crippen LogP contribution in [0.5, 0.6) is 11.6 Å². The number of fused-ring (bicyclic) bond motifs is 1. The topological polar surface area (TPSA) is 58.6 Å². The predicted molar refractivity (Wildman–Crippen MR) is 129 cm³/mol. The van der Waals surface area contributed by atoms with E-state index in [1.54, 1.807) is 23.1 Å². The van der Waals surface area contributed by atoms with E-state index in [-0.39, 0.29) is 11.7 Å². The summed E-state index contributed by atoms with van der Waals surface area (Å²) in [5.74, 6) is 1.25. The largest absolute Gasteiger partial charge is 0.435 e. The number of anilines is 1. The molecule has 1 amide bonds. The van der Waals surface area contributed by atoms with Gasteiger partial charge in [0.1, 0.15) is 0 Å². The first kappa shape index (κ1) is 22.3. The number of hydrogen-bond donors (Lipinski definition) is 0. The molecule has 3 aromatic rings. The predicted octanol–water partition coefficient (Wildman–Crippen LogP) is 5.15. The van der Waals surface area contributed by atoms with Crippen molar-refractivity contribution in [3.8, 4) is 11.6 Å². The molecular formula is C27H29FN4O2. The van der Waals surface area contributed by atoms with Crippen molar-refractivity contribution in [1.29, 1.82) is 0 Å². The van der Waals surface area contributed by atoms with Gasteiger partial charge in [-0.25, -0.2) is 9.37 Å². The average Bonchev–Trinajstić information content (AvgIpc) is 2.85. The van der Waals surface area contributed by atoms with Gasteiger partial charge in [0, 0.05) is 31.6 Å². The molecule has 0 aliphatic carbocycles. The van der Waals surface area contributed by atoms with Gasteiger partial charge in [-0.1, -0.05) is 36.8 Å². The van der Waals surface area contributed by atoms with Gasteiger partial charge in [0.2, 0.25) is 11.8 Å². The lowest BCUT2D eigenvalue weighted by molar-refractivity contribution is 0.0731. The second-order valence-electron chi connectivity index (χ2n) is 9.30. The summed E-state index contributed by atoms with van der Waals surface area (Å²) < 4.78 is 20.4. The number of amides is 1. The molecule has 0 bridgehead atoms. The van der Waals surface area contributed by atoms with Gasteiger partial charge in [-0.2, -0.15) is 4.98 Å². The van der Waals surface area contributed by atoms with E-state index in [1.165, 1.54) is 6.07 Å². The van der Waals surface area contributed by atoms with E-state index in [0.717, 1.165) is 42.8 Å². The molecule has 34 heavy (non-hydrogen) atoms. The number of benzene rings is 2. The first-order chi connectivity index (χ1) is 16.5. The number of para-hydroxylation sites is 1. The second kappa shape index (κ2) is 9.41. The number of rotatable bonds is 4. The molecule has 2 aliphatic heterocycles. The van der Waals surface area contributed by atoms with Crippen LogP contribution in [-0.2, 0) is 13.0 Å². The Balaban J connectivity index is 1.49. The van der Waals surface area contributed by atoms with Gasteiger partial charge in [-0.05, 0) is 49.9 Å².